The molecule has 5 nitrogen and oxygen atoms in total. The SMILES string of the molecule is O=C(O)C(F)(F)OC(F)(OC(F)(OC(F)(F)C(F)(Cl)C(F)(F)F)C(F)(F)F)C(F)(F)F. The quantitative estimate of drug-likeness (QED) is 0.268. The Labute approximate surface area is 161 Å². The Morgan fingerprint density at radius 1 is 0.581 bits per heavy atom. The van der Waals surface area contributed by atoms with Gasteiger partial charge in [-0.05, 0) is 0 Å². The Bertz CT molecular complexity index is 670. The van der Waals surface area contributed by atoms with E-state index in [-0.39, 0.29) is 0 Å². The van der Waals surface area contributed by atoms with Crippen LogP contribution in [0, 0.1) is 0 Å². The van der Waals surface area contributed by atoms with Gasteiger partial charge in [-0.1, -0.05) is 11.6 Å². The second kappa shape index (κ2) is 7.83. The summed E-state index contributed by atoms with van der Waals surface area (Å²) in [4.78, 5) is 9.94. The van der Waals surface area contributed by atoms with Crippen molar-refractivity contribution >= 4 is 17.6 Å². The third-order valence-corrected chi connectivity index (χ3v) is 2.86. The molecule has 186 valence electrons. The third kappa shape index (κ3) is 5.86. The summed E-state index contributed by atoms with van der Waals surface area (Å²) >= 11 is 3.57. The van der Waals surface area contributed by atoms with Crippen molar-refractivity contribution in [2.45, 2.75) is 48.0 Å². The van der Waals surface area contributed by atoms with Gasteiger partial charge in [-0.2, -0.15) is 65.9 Å². The average Bonchev–Trinajstić information content (AvgIpc) is 2.41. The van der Waals surface area contributed by atoms with Crippen molar-refractivity contribution in [1.29, 1.82) is 0 Å². The van der Waals surface area contributed by atoms with E-state index in [4.69, 9.17) is 5.11 Å². The van der Waals surface area contributed by atoms with Gasteiger partial charge in [0.15, 0.2) is 0 Å². The summed E-state index contributed by atoms with van der Waals surface area (Å²) in [5.74, 6) is -3.90. The smallest absolute Gasteiger partial charge is 0.475 e. The van der Waals surface area contributed by atoms with Crippen LogP contribution >= 0.6 is 11.6 Å². The Morgan fingerprint density at radius 3 is 1.16 bits per heavy atom. The number of aliphatic carboxylic acids is 1. The number of halogens is 17. The zero-order valence-corrected chi connectivity index (χ0v) is 13.8. The van der Waals surface area contributed by atoms with E-state index in [0.29, 0.717) is 0 Å². The van der Waals surface area contributed by atoms with Crippen molar-refractivity contribution in [2.24, 2.45) is 0 Å². The van der Waals surface area contributed by atoms with Gasteiger partial charge >= 0.3 is 53.9 Å². The van der Waals surface area contributed by atoms with Crippen LogP contribution in [0.2, 0.25) is 0 Å². The van der Waals surface area contributed by atoms with E-state index < -0.39 is 53.9 Å². The van der Waals surface area contributed by atoms with Crippen molar-refractivity contribution in [3.05, 3.63) is 0 Å². The number of carboxylic acids is 1. The van der Waals surface area contributed by atoms with E-state index >= 15 is 0 Å². The summed E-state index contributed by atoms with van der Waals surface area (Å²) in [6.45, 7) is 0. The lowest BCUT2D eigenvalue weighted by molar-refractivity contribution is -0.592. The first-order valence-corrected chi connectivity index (χ1v) is 6.49. The summed E-state index contributed by atoms with van der Waals surface area (Å²) < 4.78 is 208. The van der Waals surface area contributed by atoms with Crippen LogP contribution in [-0.2, 0) is 19.0 Å². The molecule has 0 aromatic carbocycles. The lowest BCUT2D eigenvalue weighted by Crippen LogP contribution is -2.64. The third-order valence-electron chi connectivity index (χ3n) is 2.43. The summed E-state index contributed by atoms with van der Waals surface area (Å²) in [7, 11) is 0. The molecule has 3 unspecified atom stereocenters. The van der Waals surface area contributed by atoms with E-state index in [0.717, 1.165) is 0 Å². The minimum Gasteiger partial charge on any atom is -0.475 e. The number of carbonyl (C=O) groups is 1. The van der Waals surface area contributed by atoms with Crippen molar-refractivity contribution in [3.63, 3.8) is 0 Å². The van der Waals surface area contributed by atoms with Crippen LogP contribution in [0.15, 0.2) is 0 Å². The Kier molecular flexibility index (Phi) is 7.46. The molecule has 31 heavy (non-hydrogen) atoms. The minimum absolute atomic E-state index is 1.56. The summed E-state index contributed by atoms with van der Waals surface area (Å²) in [6.07, 6.45) is -36.2. The molecule has 0 spiro atoms. The number of carboxylic acid groups (broad SMARTS) is 1. The summed E-state index contributed by atoms with van der Waals surface area (Å²) in [5.41, 5.74) is 0. The van der Waals surface area contributed by atoms with Crippen LogP contribution in [0.25, 0.3) is 0 Å². The van der Waals surface area contributed by atoms with Crippen LogP contribution < -0.4 is 0 Å². The molecule has 0 aromatic rings. The van der Waals surface area contributed by atoms with Crippen LogP contribution in [-0.4, -0.2) is 59.0 Å². The van der Waals surface area contributed by atoms with Gasteiger partial charge in [0.25, 0.3) is 0 Å². The summed E-state index contributed by atoms with van der Waals surface area (Å²) in [5, 5.41) is 0.935. The van der Waals surface area contributed by atoms with Crippen molar-refractivity contribution in [1.82, 2.24) is 0 Å². The maximum absolute atomic E-state index is 13.7. The highest BCUT2D eigenvalue weighted by atomic mass is 35.5. The van der Waals surface area contributed by atoms with E-state index in [1.165, 1.54) is 0 Å². The number of hydrogen-bond donors (Lipinski definition) is 1. The average molecular weight is 529 g/mol. The van der Waals surface area contributed by atoms with Gasteiger partial charge in [0, 0.05) is 0 Å². The molecule has 0 aliphatic heterocycles. The van der Waals surface area contributed by atoms with Crippen LogP contribution in [0.1, 0.15) is 0 Å². The highest BCUT2D eigenvalue weighted by molar-refractivity contribution is 6.24. The largest absolute Gasteiger partial charge is 0.478 e. The number of rotatable bonds is 8. The van der Waals surface area contributed by atoms with Crippen LogP contribution in [0.3, 0.4) is 0 Å². The first-order chi connectivity index (χ1) is 13.1. The zero-order valence-electron chi connectivity index (χ0n) is 13.0. The highest BCUT2D eigenvalue weighted by Crippen LogP contribution is 2.54. The molecule has 0 heterocycles. The Morgan fingerprint density at radius 2 is 0.903 bits per heavy atom. The monoisotopic (exact) mass is 528 g/mol. The van der Waals surface area contributed by atoms with Crippen LogP contribution in [0.4, 0.5) is 70.2 Å². The Balaban J connectivity index is 6.56. The Hall–Kier alpha value is -1.48. The molecule has 0 radical (unpaired) electrons. The van der Waals surface area contributed by atoms with Crippen molar-refractivity contribution in [2.75, 3.05) is 0 Å². The topological polar surface area (TPSA) is 65.0 Å². The standard InChI is InChI=1S/C9HClF16O5/c10-3(13,4(14,15)16)7(23,24)30-9(26,6(20,21)22)31-8(25,5(17,18)19)29-2(11,12)1(27)28/h(H,27,28). The highest BCUT2D eigenvalue weighted by Gasteiger charge is 2.80. The summed E-state index contributed by atoms with van der Waals surface area (Å²) in [6, 6.07) is -14.9. The first-order valence-electron chi connectivity index (χ1n) is 6.12. The molecule has 0 bridgehead atoms. The lowest BCUT2D eigenvalue weighted by Gasteiger charge is -2.38. The second-order valence-corrected chi connectivity index (χ2v) is 5.31. The van der Waals surface area contributed by atoms with Crippen molar-refractivity contribution in [3.8, 4) is 0 Å². The molecule has 0 aliphatic rings. The van der Waals surface area contributed by atoms with Gasteiger partial charge in [-0.15, -0.1) is 0 Å². The predicted molar refractivity (Wildman–Crippen MR) is 56.3 cm³/mol. The fourth-order valence-corrected chi connectivity index (χ4v) is 1.08. The lowest BCUT2D eigenvalue weighted by atomic mass is 10.3. The van der Waals surface area contributed by atoms with Gasteiger partial charge in [0.2, 0.25) is 0 Å². The molecule has 1 N–H and O–H groups in total. The number of ether oxygens (including phenoxy) is 3. The number of alkyl halides is 17. The molecule has 22 heteroatoms. The van der Waals surface area contributed by atoms with Gasteiger partial charge in [0.1, 0.15) is 0 Å². The number of hydrogen-bond acceptors (Lipinski definition) is 4. The predicted octanol–water partition coefficient (Wildman–Crippen LogP) is 5.14. The maximum Gasteiger partial charge on any atom is 0.478 e. The molecular formula is C9HClF16O5. The zero-order chi connectivity index (χ0) is 25.7. The van der Waals surface area contributed by atoms with Gasteiger partial charge in [-0.25, -0.2) is 23.4 Å². The van der Waals surface area contributed by atoms with Crippen LogP contribution in [0.5, 0.6) is 0 Å². The van der Waals surface area contributed by atoms with E-state index in [9.17, 15) is 75.0 Å². The minimum atomic E-state index is -7.65. The van der Waals surface area contributed by atoms with E-state index in [1.54, 1.807) is 14.2 Å². The second-order valence-electron chi connectivity index (χ2n) is 4.79. The molecule has 0 saturated carbocycles. The van der Waals surface area contributed by atoms with Crippen molar-refractivity contribution < 1.29 is 94.4 Å². The van der Waals surface area contributed by atoms with Gasteiger partial charge in [-0.3, -0.25) is 0 Å². The van der Waals surface area contributed by atoms with E-state index in [1.807, 2.05) is 0 Å². The van der Waals surface area contributed by atoms with Gasteiger partial charge < -0.3 is 5.11 Å². The van der Waals surface area contributed by atoms with E-state index in [2.05, 4.69) is 11.6 Å². The van der Waals surface area contributed by atoms with Gasteiger partial charge in [0.05, 0.1) is 0 Å². The molecule has 0 fully saturated rings. The fourth-order valence-electron chi connectivity index (χ4n) is 1.04. The molecule has 0 aromatic heterocycles. The molecule has 0 saturated heterocycles. The first kappa shape index (κ1) is 29.5. The fraction of sp³-hybridized carbons (Fsp3) is 0.889. The normalized spacial score (nSPS) is 20.5. The molecule has 0 amide bonds. The maximum atomic E-state index is 13.7. The molecule has 0 rings (SSSR count). The molecular weight excluding hydrogens is 528 g/mol. The molecule has 0 aliphatic carbocycles. The molecule has 3 atom stereocenters.